The lowest BCUT2D eigenvalue weighted by Crippen LogP contribution is -3.08. The number of likely N-dealkylation sites (N-methyl/N-ethyl adjacent to an activating group) is 1. The quantitative estimate of drug-likeness (QED) is 0.873. The predicted molar refractivity (Wildman–Crippen MR) is 91.5 cm³/mol. The SMILES string of the molecule is Cc1ccccc1C[NH+](C)CC(=O)Nc1cc(Cl)ccc1C. The van der Waals surface area contributed by atoms with Crippen LogP contribution in [0.3, 0.4) is 0 Å². The Hall–Kier alpha value is -1.84. The maximum atomic E-state index is 12.2. The second-order valence-electron chi connectivity index (χ2n) is 5.74. The van der Waals surface area contributed by atoms with Gasteiger partial charge in [-0.25, -0.2) is 0 Å². The Morgan fingerprint density at radius 1 is 1.14 bits per heavy atom. The zero-order valence-electron chi connectivity index (χ0n) is 13.2. The van der Waals surface area contributed by atoms with Crippen molar-refractivity contribution in [2.24, 2.45) is 0 Å². The smallest absolute Gasteiger partial charge is 0.279 e. The lowest BCUT2D eigenvalue weighted by molar-refractivity contribution is -0.885. The molecule has 1 amide bonds. The highest BCUT2D eigenvalue weighted by Gasteiger charge is 2.12. The number of nitrogens with one attached hydrogen (secondary N) is 2. The Balaban J connectivity index is 1.94. The van der Waals surface area contributed by atoms with Gasteiger partial charge in [-0.3, -0.25) is 4.79 Å². The summed E-state index contributed by atoms with van der Waals surface area (Å²) in [5, 5.41) is 3.56. The van der Waals surface area contributed by atoms with Crippen LogP contribution in [0.4, 0.5) is 5.69 Å². The maximum Gasteiger partial charge on any atom is 0.279 e. The third kappa shape index (κ3) is 4.58. The summed E-state index contributed by atoms with van der Waals surface area (Å²) in [6.07, 6.45) is 0. The van der Waals surface area contributed by atoms with Crippen molar-refractivity contribution in [1.29, 1.82) is 0 Å². The molecule has 0 saturated heterocycles. The van der Waals surface area contributed by atoms with Gasteiger partial charge in [-0.1, -0.05) is 41.9 Å². The number of carbonyl (C=O) groups is 1. The van der Waals surface area contributed by atoms with Gasteiger partial charge in [0.05, 0.1) is 7.05 Å². The average molecular weight is 318 g/mol. The number of benzene rings is 2. The molecule has 0 aliphatic carbocycles. The zero-order valence-corrected chi connectivity index (χ0v) is 14.0. The molecule has 0 fully saturated rings. The van der Waals surface area contributed by atoms with Crippen molar-refractivity contribution >= 4 is 23.2 Å². The van der Waals surface area contributed by atoms with Gasteiger partial charge in [0.15, 0.2) is 6.54 Å². The Labute approximate surface area is 136 Å². The van der Waals surface area contributed by atoms with E-state index in [4.69, 9.17) is 11.6 Å². The highest BCUT2D eigenvalue weighted by molar-refractivity contribution is 6.31. The number of halogens is 1. The molecule has 0 spiro atoms. The van der Waals surface area contributed by atoms with Crippen molar-refractivity contribution in [3.63, 3.8) is 0 Å². The van der Waals surface area contributed by atoms with E-state index in [0.29, 0.717) is 11.6 Å². The second kappa shape index (κ2) is 7.43. The molecule has 1 unspecified atom stereocenters. The lowest BCUT2D eigenvalue weighted by Gasteiger charge is -2.16. The average Bonchev–Trinajstić information content (AvgIpc) is 2.45. The summed E-state index contributed by atoms with van der Waals surface area (Å²) in [6, 6.07) is 13.8. The molecule has 2 aromatic carbocycles. The molecule has 0 aromatic heterocycles. The van der Waals surface area contributed by atoms with Crippen LogP contribution in [-0.4, -0.2) is 19.5 Å². The minimum Gasteiger partial charge on any atom is -0.326 e. The number of amides is 1. The minimum absolute atomic E-state index is 0.00329. The fourth-order valence-electron chi connectivity index (χ4n) is 2.39. The van der Waals surface area contributed by atoms with Crippen LogP contribution in [-0.2, 0) is 11.3 Å². The van der Waals surface area contributed by atoms with Crippen molar-refractivity contribution in [3.05, 3.63) is 64.2 Å². The summed E-state index contributed by atoms with van der Waals surface area (Å²) < 4.78 is 0. The highest BCUT2D eigenvalue weighted by atomic mass is 35.5. The number of aryl methyl sites for hydroxylation is 2. The number of rotatable bonds is 5. The van der Waals surface area contributed by atoms with Gasteiger partial charge in [-0.05, 0) is 37.1 Å². The molecule has 116 valence electrons. The molecule has 4 heteroatoms. The first-order valence-electron chi connectivity index (χ1n) is 7.37. The Bertz CT molecular complexity index is 670. The van der Waals surface area contributed by atoms with E-state index in [1.54, 1.807) is 6.07 Å². The first-order chi connectivity index (χ1) is 10.5. The number of quaternary nitrogens is 1. The van der Waals surface area contributed by atoms with Crippen molar-refractivity contribution in [2.75, 3.05) is 18.9 Å². The minimum atomic E-state index is -0.00329. The van der Waals surface area contributed by atoms with E-state index in [0.717, 1.165) is 22.7 Å². The molecule has 0 heterocycles. The molecule has 0 saturated carbocycles. The first kappa shape index (κ1) is 16.5. The Morgan fingerprint density at radius 3 is 2.59 bits per heavy atom. The molecule has 0 radical (unpaired) electrons. The number of carbonyl (C=O) groups excluding carboxylic acids is 1. The van der Waals surface area contributed by atoms with Gasteiger partial charge in [0.2, 0.25) is 0 Å². The van der Waals surface area contributed by atoms with Crippen LogP contribution >= 0.6 is 11.6 Å². The fraction of sp³-hybridized carbons (Fsp3) is 0.278. The van der Waals surface area contributed by atoms with Gasteiger partial charge >= 0.3 is 0 Å². The molecule has 0 aliphatic rings. The number of hydrogen-bond donors (Lipinski definition) is 2. The summed E-state index contributed by atoms with van der Waals surface area (Å²) in [5.41, 5.74) is 4.31. The molecule has 1 atom stereocenters. The standard InChI is InChI=1S/C18H21ClN2O/c1-13-6-4-5-7-15(13)11-21(3)12-18(22)20-17-10-16(19)9-8-14(17)2/h4-10H,11-12H2,1-3H3,(H,20,22)/p+1. The van der Waals surface area contributed by atoms with Crippen molar-refractivity contribution in [1.82, 2.24) is 0 Å². The summed E-state index contributed by atoms with van der Waals surface area (Å²) >= 11 is 5.97. The molecular formula is C18H22ClN2O+. The van der Waals surface area contributed by atoms with Crippen molar-refractivity contribution < 1.29 is 9.69 Å². The van der Waals surface area contributed by atoms with Gasteiger partial charge in [-0.2, -0.15) is 0 Å². The third-order valence-electron chi connectivity index (χ3n) is 3.69. The van der Waals surface area contributed by atoms with Crippen LogP contribution in [0.15, 0.2) is 42.5 Å². The fourth-order valence-corrected chi connectivity index (χ4v) is 2.57. The Kier molecular flexibility index (Phi) is 5.58. The first-order valence-corrected chi connectivity index (χ1v) is 7.75. The molecule has 0 aliphatic heterocycles. The van der Waals surface area contributed by atoms with Gasteiger partial charge < -0.3 is 10.2 Å². The van der Waals surface area contributed by atoms with Gasteiger partial charge in [-0.15, -0.1) is 0 Å². The van der Waals surface area contributed by atoms with Gasteiger partial charge in [0, 0.05) is 16.3 Å². The summed E-state index contributed by atoms with van der Waals surface area (Å²) in [5.74, 6) is -0.00329. The van der Waals surface area contributed by atoms with Gasteiger partial charge in [0.1, 0.15) is 6.54 Å². The molecule has 0 bridgehead atoms. The number of anilines is 1. The van der Waals surface area contributed by atoms with Crippen LogP contribution in [0.5, 0.6) is 0 Å². The maximum absolute atomic E-state index is 12.2. The van der Waals surface area contributed by atoms with Crippen LogP contribution in [0.2, 0.25) is 5.02 Å². The molecule has 2 N–H and O–H groups in total. The molecule has 22 heavy (non-hydrogen) atoms. The van der Waals surface area contributed by atoms with E-state index in [2.05, 4.69) is 24.4 Å². The van der Waals surface area contributed by atoms with Crippen LogP contribution in [0, 0.1) is 13.8 Å². The zero-order chi connectivity index (χ0) is 16.1. The van der Waals surface area contributed by atoms with E-state index in [1.165, 1.54) is 11.1 Å². The molecule has 2 aromatic rings. The Morgan fingerprint density at radius 2 is 1.86 bits per heavy atom. The molecule has 3 nitrogen and oxygen atoms in total. The normalized spacial score (nSPS) is 12.0. The monoisotopic (exact) mass is 317 g/mol. The number of hydrogen-bond acceptors (Lipinski definition) is 1. The van der Waals surface area contributed by atoms with Gasteiger partial charge in [0.25, 0.3) is 5.91 Å². The van der Waals surface area contributed by atoms with E-state index in [9.17, 15) is 4.79 Å². The summed E-state index contributed by atoms with van der Waals surface area (Å²) in [4.78, 5) is 13.3. The lowest BCUT2D eigenvalue weighted by atomic mass is 10.1. The van der Waals surface area contributed by atoms with Crippen LogP contribution < -0.4 is 10.2 Å². The summed E-state index contributed by atoms with van der Waals surface area (Å²) in [6.45, 7) is 5.29. The topological polar surface area (TPSA) is 33.5 Å². The third-order valence-corrected chi connectivity index (χ3v) is 3.92. The van der Waals surface area contributed by atoms with Crippen molar-refractivity contribution in [2.45, 2.75) is 20.4 Å². The van der Waals surface area contributed by atoms with E-state index in [-0.39, 0.29) is 5.91 Å². The highest BCUT2D eigenvalue weighted by Crippen LogP contribution is 2.19. The van der Waals surface area contributed by atoms with Crippen molar-refractivity contribution in [3.8, 4) is 0 Å². The van der Waals surface area contributed by atoms with E-state index < -0.39 is 0 Å². The largest absolute Gasteiger partial charge is 0.326 e. The molecule has 2 rings (SSSR count). The molecular weight excluding hydrogens is 296 g/mol. The van der Waals surface area contributed by atoms with E-state index in [1.807, 2.05) is 38.2 Å². The second-order valence-corrected chi connectivity index (χ2v) is 6.18. The van der Waals surface area contributed by atoms with E-state index >= 15 is 0 Å². The van der Waals surface area contributed by atoms with Crippen LogP contribution in [0.1, 0.15) is 16.7 Å². The van der Waals surface area contributed by atoms with Crippen LogP contribution in [0.25, 0.3) is 0 Å². The summed E-state index contributed by atoms with van der Waals surface area (Å²) in [7, 11) is 2.02. The predicted octanol–water partition coefficient (Wildman–Crippen LogP) is 2.61.